The van der Waals surface area contributed by atoms with E-state index in [0.29, 0.717) is 23.1 Å². The summed E-state index contributed by atoms with van der Waals surface area (Å²) in [6, 6.07) is 13.3. The second-order valence-corrected chi connectivity index (χ2v) is 9.06. The topological polar surface area (TPSA) is 76.0 Å². The number of carbonyl (C=O) groups is 1. The fourth-order valence-corrected chi connectivity index (χ4v) is 4.24. The van der Waals surface area contributed by atoms with Crippen LogP contribution in [0.2, 0.25) is 0 Å². The Hall–Kier alpha value is -3.21. The van der Waals surface area contributed by atoms with Crippen molar-refractivity contribution in [2.24, 2.45) is 0 Å². The lowest BCUT2D eigenvalue weighted by Gasteiger charge is -2.29. The van der Waals surface area contributed by atoms with E-state index in [0.717, 1.165) is 22.1 Å². The van der Waals surface area contributed by atoms with E-state index in [-0.39, 0.29) is 24.1 Å². The molecule has 3 aromatic carbocycles. The number of rotatable bonds is 7. The molecule has 1 atom stereocenters. The Labute approximate surface area is 189 Å². The Balaban J connectivity index is 1.68. The first-order chi connectivity index (χ1) is 15.0. The molecule has 0 bridgehead atoms. The van der Waals surface area contributed by atoms with Gasteiger partial charge in [-0.1, -0.05) is 38.1 Å². The summed E-state index contributed by atoms with van der Waals surface area (Å²) < 4.78 is 10.9. The molecular formula is C27H32O5. The molecule has 32 heavy (non-hydrogen) atoms. The van der Waals surface area contributed by atoms with Crippen molar-refractivity contribution in [2.75, 3.05) is 13.7 Å². The molecule has 0 spiro atoms. The van der Waals surface area contributed by atoms with Crippen LogP contribution in [-0.2, 0) is 14.9 Å². The third kappa shape index (κ3) is 4.67. The highest BCUT2D eigenvalue weighted by molar-refractivity contribution is 5.86. The van der Waals surface area contributed by atoms with Crippen molar-refractivity contribution in [3.05, 3.63) is 64.7 Å². The first-order valence-corrected chi connectivity index (χ1v) is 10.8. The molecule has 0 aromatic heterocycles. The number of hydrogen-bond acceptors (Lipinski definition) is 5. The fraction of sp³-hybridized carbons (Fsp3) is 0.370. The van der Waals surface area contributed by atoms with Crippen LogP contribution in [-0.4, -0.2) is 29.9 Å². The van der Waals surface area contributed by atoms with Gasteiger partial charge in [-0.05, 0) is 78.3 Å². The maximum Gasteiger partial charge on any atom is 0.313 e. The minimum atomic E-state index is -0.481. The molecule has 5 nitrogen and oxygen atoms in total. The van der Waals surface area contributed by atoms with Crippen LogP contribution in [0.15, 0.2) is 42.5 Å². The van der Waals surface area contributed by atoms with Crippen molar-refractivity contribution in [1.82, 2.24) is 0 Å². The van der Waals surface area contributed by atoms with Crippen molar-refractivity contribution >= 4 is 16.7 Å². The fourth-order valence-electron chi connectivity index (χ4n) is 4.24. The Kier molecular flexibility index (Phi) is 6.68. The quantitative estimate of drug-likeness (QED) is 0.357. The summed E-state index contributed by atoms with van der Waals surface area (Å²) in [7, 11) is 1.64. The summed E-state index contributed by atoms with van der Waals surface area (Å²) >= 11 is 0. The second kappa shape index (κ2) is 9.11. The van der Waals surface area contributed by atoms with Crippen LogP contribution < -0.4 is 4.74 Å². The molecule has 3 aromatic rings. The molecule has 170 valence electrons. The zero-order valence-corrected chi connectivity index (χ0v) is 19.7. The zero-order valence-electron chi connectivity index (χ0n) is 19.7. The first kappa shape index (κ1) is 23.5. The second-order valence-electron chi connectivity index (χ2n) is 9.06. The number of ether oxygens (including phenoxy) is 2. The average molecular weight is 437 g/mol. The van der Waals surface area contributed by atoms with Crippen molar-refractivity contribution in [1.29, 1.82) is 0 Å². The van der Waals surface area contributed by atoms with E-state index in [4.69, 9.17) is 9.47 Å². The van der Waals surface area contributed by atoms with Gasteiger partial charge in [0, 0.05) is 5.56 Å². The molecule has 0 heterocycles. The van der Waals surface area contributed by atoms with Gasteiger partial charge in [-0.2, -0.15) is 0 Å². The maximum atomic E-state index is 12.7. The van der Waals surface area contributed by atoms with Crippen LogP contribution >= 0.6 is 0 Å². The number of benzene rings is 3. The maximum absolute atomic E-state index is 12.7. The van der Waals surface area contributed by atoms with Crippen molar-refractivity contribution in [3.8, 4) is 17.2 Å². The molecule has 0 aliphatic heterocycles. The van der Waals surface area contributed by atoms with Crippen LogP contribution in [0.3, 0.4) is 0 Å². The Morgan fingerprint density at radius 3 is 2.38 bits per heavy atom. The Morgan fingerprint density at radius 2 is 1.69 bits per heavy atom. The van der Waals surface area contributed by atoms with Gasteiger partial charge in [0.1, 0.15) is 17.2 Å². The Bertz CT molecular complexity index is 1150. The normalized spacial score (nSPS) is 12.6. The largest absolute Gasteiger partial charge is 0.508 e. The van der Waals surface area contributed by atoms with Gasteiger partial charge in [-0.15, -0.1) is 0 Å². The van der Waals surface area contributed by atoms with Crippen molar-refractivity contribution < 1.29 is 24.5 Å². The van der Waals surface area contributed by atoms with Gasteiger partial charge in [0.15, 0.2) is 0 Å². The van der Waals surface area contributed by atoms with E-state index in [2.05, 4.69) is 0 Å². The molecule has 0 saturated carbocycles. The van der Waals surface area contributed by atoms with Crippen LogP contribution in [0.1, 0.15) is 55.4 Å². The van der Waals surface area contributed by atoms with Crippen LogP contribution in [0.4, 0.5) is 0 Å². The minimum Gasteiger partial charge on any atom is -0.508 e. The summed E-state index contributed by atoms with van der Waals surface area (Å²) in [6.45, 7) is 9.55. The molecule has 0 fully saturated rings. The number of methoxy groups -OCH3 is 1. The van der Waals surface area contributed by atoms with Gasteiger partial charge < -0.3 is 19.7 Å². The van der Waals surface area contributed by atoms with Gasteiger partial charge in [0.25, 0.3) is 0 Å². The number of hydrogen-bond donors (Lipinski definition) is 2. The average Bonchev–Trinajstić information content (AvgIpc) is 2.75. The highest BCUT2D eigenvalue weighted by Crippen LogP contribution is 2.41. The van der Waals surface area contributed by atoms with Crippen LogP contribution in [0.5, 0.6) is 17.2 Å². The smallest absolute Gasteiger partial charge is 0.313 e. The molecule has 0 aliphatic rings. The lowest BCUT2D eigenvalue weighted by Crippen LogP contribution is -2.23. The molecule has 0 aliphatic carbocycles. The molecule has 3 rings (SSSR count). The molecule has 5 heteroatoms. The SMILES string of the molecule is COc1ccc2cc([C@H](C)C(=O)OCCC(C)(C)c3c(O)cc(C)c(O)c3C)ccc2c1. The summed E-state index contributed by atoms with van der Waals surface area (Å²) in [5.41, 5.74) is 2.37. The predicted octanol–water partition coefficient (Wildman–Crippen LogP) is 5.89. The summed E-state index contributed by atoms with van der Waals surface area (Å²) in [6.07, 6.45) is 0.514. The van der Waals surface area contributed by atoms with E-state index in [1.165, 1.54) is 0 Å². The summed E-state index contributed by atoms with van der Waals surface area (Å²) in [4.78, 5) is 12.7. The van der Waals surface area contributed by atoms with Crippen LogP contribution in [0, 0.1) is 13.8 Å². The third-order valence-corrected chi connectivity index (χ3v) is 6.29. The van der Waals surface area contributed by atoms with Gasteiger partial charge in [0.2, 0.25) is 0 Å². The number of aryl methyl sites for hydroxylation is 1. The molecular weight excluding hydrogens is 404 g/mol. The zero-order chi connectivity index (χ0) is 23.6. The van der Waals surface area contributed by atoms with E-state index in [1.807, 2.05) is 57.2 Å². The number of esters is 1. The van der Waals surface area contributed by atoms with Crippen molar-refractivity contribution in [3.63, 3.8) is 0 Å². The number of aromatic hydroxyl groups is 2. The number of carbonyl (C=O) groups excluding carboxylic acids is 1. The molecule has 2 N–H and O–H groups in total. The Morgan fingerprint density at radius 1 is 1.03 bits per heavy atom. The highest BCUT2D eigenvalue weighted by atomic mass is 16.5. The van der Waals surface area contributed by atoms with Gasteiger partial charge >= 0.3 is 5.97 Å². The summed E-state index contributed by atoms with van der Waals surface area (Å²) in [5, 5.41) is 22.8. The van der Waals surface area contributed by atoms with Gasteiger partial charge in [0.05, 0.1) is 19.6 Å². The number of phenols is 2. The van der Waals surface area contributed by atoms with Crippen LogP contribution in [0.25, 0.3) is 10.8 Å². The lowest BCUT2D eigenvalue weighted by atomic mass is 9.78. The molecule has 0 saturated heterocycles. The minimum absolute atomic E-state index is 0.148. The molecule has 0 radical (unpaired) electrons. The third-order valence-electron chi connectivity index (χ3n) is 6.29. The predicted molar refractivity (Wildman–Crippen MR) is 127 cm³/mol. The molecule has 0 unspecified atom stereocenters. The monoisotopic (exact) mass is 436 g/mol. The van der Waals surface area contributed by atoms with Crippen molar-refractivity contribution in [2.45, 2.75) is 52.4 Å². The molecule has 0 amide bonds. The standard InChI is InChI=1S/C27H32O5/c1-16-13-23(28)24(18(3)25(16)29)27(4,5)11-12-32-26(30)17(2)19-7-8-21-15-22(31-6)10-9-20(21)14-19/h7-10,13-15,17,28-29H,11-12H2,1-6H3/t17-/m0/s1. The first-order valence-electron chi connectivity index (χ1n) is 10.8. The highest BCUT2D eigenvalue weighted by Gasteiger charge is 2.29. The number of fused-ring (bicyclic) bond motifs is 1. The van der Waals surface area contributed by atoms with E-state index >= 15 is 0 Å². The van der Waals surface area contributed by atoms with E-state index in [1.54, 1.807) is 27.0 Å². The number of phenolic OH excluding ortho intramolecular Hbond substituents is 2. The lowest BCUT2D eigenvalue weighted by molar-refractivity contribution is -0.145. The van der Waals surface area contributed by atoms with Gasteiger partial charge in [-0.3, -0.25) is 4.79 Å². The van der Waals surface area contributed by atoms with Gasteiger partial charge in [-0.25, -0.2) is 0 Å². The van der Waals surface area contributed by atoms with E-state index in [9.17, 15) is 15.0 Å². The summed E-state index contributed by atoms with van der Waals surface area (Å²) in [5.74, 6) is 0.439. The van der Waals surface area contributed by atoms with E-state index < -0.39 is 11.3 Å².